The van der Waals surface area contributed by atoms with E-state index in [9.17, 15) is 9.59 Å². The quantitative estimate of drug-likeness (QED) is 0.812. The van der Waals surface area contributed by atoms with Crippen LogP contribution in [0.15, 0.2) is 30.5 Å². The molecule has 0 atom stereocenters. The number of para-hydroxylation sites is 1. The molecule has 1 aromatic carbocycles. The number of benzene rings is 1. The molecule has 0 bridgehead atoms. The minimum atomic E-state index is -0.216. The normalized spacial score (nSPS) is 16.2. The van der Waals surface area contributed by atoms with Crippen LogP contribution in [-0.4, -0.2) is 46.0 Å². The molecular formula is C20H24N4O3. The van der Waals surface area contributed by atoms with Crippen LogP contribution in [0.4, 0.5) is 0 Å². The van der Waals surface area contributed by atoms with E-state index in [1.165, 1.54) is 12.8 Å². The standard InChI is InChI=1S/C20H24N4O3/c1-2-27-17-6-4-3-5-16(17)19(25)21-11-15-13-23-9-10-24(12-14-7-8-14)20(26)18(23)22-15/h3-6,13-14H,2,7-12H2,1H3,(H,21,25). The summed E-state index contributed by atoms with van der Waals surface area (Å²) in [6.45, 7) is 4.97. The number of aromatic nitrogens is 2. The Hall–Kier alpha value is -2.83. The molecule has 0 spiro atoms. The first kappa shape index (κ1) is 17.6. The average molecular weight is 368 g/mol. The molecule has 1 aliphatic carbocycles. The molecule has 1 N–H and O–H groups in total. The molecule has 7 nitrogen and oxygen atoms in total. The lowest BCUT2D eigenvalue weighted by Crippen LogP contribution is -2.41. The second-order valence-electron chi connectivity index (χ2n) is 7.06. The van der Waals surface area contributed by atoms with Gasteiger partial charge < -0.3 is 19.5 Å². The third kappa shape index (κ3) is 3.82. The Morgan fingerprint density at radius 3 is 2.89 bits per heavy atom. The minimum absolute atomic E-state index is 0.00702. The van der Waals surface area contributed by atoms with Crippen molar-refractivity contribution in [3.05, 3.63) is 47.5 Å². The third-order valence-corrected chi connectivity index (χ3v) is 4.95. The van der Waals surface area contributed by atoms with Crippen LogP contribution in [0, 0.1) is 5.92 Å². The molecular weight excluding hydrogens is 344 g/mol. The lowest BCUT2D eigenvalue weighted by atomic mass is 10.2. The largest absolute Gasteiger partial charge is 0.493 e. The number of carbonyl (C=O) groups excluding carboxylic acids is 2. The Balaban J connectivity index is 1.41. The van der Waals surface area contributed by atoms with E-state index in [-0.39, 0.29) is 18.4 Å². The van der Waals surface area contributed by atoms with Crippen molar-refractivity contribution in [2.75, 3.05) is 19.7 Å². The van der Waals surface area contributed by atoms with Crippen LogP contribution in [0.3, 0.4) is 0 Å². The van der Waals surface area contributed by atoms with E-state index in [0.717, 1.165) is 19.6 Å². The van der Waals surface area contributed by atoms with E-state index in [0.29, 0.717) is 35.4 Å². The predicted molar refractivity (Wildman–Crippen MR) is 99.6 cm³/mol. The summed E-state index contributed by atoms with van der Waals surface area (Å²) < 4.78 is 7.40. The first-order valence-corrected chi connectivity index (χ1v) is 9.51. The summed E-state index contributed by atoms with van der Waals surface area (Å²) in [6.07, 6.45) is 4.30. The zero-order chi connectivity index (χ0) is 18.8. The van der Waals surface area contributed by atoms with Crippen LogP contribution in [0.5, 0.6) is 5.75 Å². The van der Waals surface area contributed by atoms with Crippen LogP contribution in [0.25, 0.3) is 0 Å². The molecule has 27 heavy (non-hydrogen) atoms. The molecule has 1 aromatic heterocycles. The average Bonchev–Trinajstić information content (AvgIpc) is 3.39. The second kappa shape index (κ2) is 7.42. The number of hydrogen-bond acceptors (Lipinski definition) is 4. The number of fused-ring (bicyclic) bond motifs is 1. The second-order valence-corrected chi connectivity index (χ2v) is 7.06. The summed E-state index contributed by atoms with van der Waals surface area (Å²) in [5.74, 6) is 1.48. The number of imidazole rings is 1. The van der Waals surface area contributed by atoms with Crippen LogP contribution in [-0.2, 0) is 13.1 Å². The van der Waals surface area contributed by atoms with Crippen molar-refractivity contribution in [3.63, 3.8) is 0 Å². The molecule has 2 amide bonds. The maximum Gasteiger partial charge on any atom is 0.289 e. The molecule has 0 radical (unpaired) electrons. The molecule has 0 saturated heterocycles. The number of nitrogens with one attached hydrogen (secondary N) is 1. The predicted octanol–water partition coefficient (Wildman–Crippen LogP) is 2.08. The van der Waals surface area contributed by atoms with Gasteiger partial charge in [0.1, 0.15) is 5.75 Å². The zero-order valence-corrected chi connectivity index (χ0v) is 15.5. The van der Waals surface area contributed by atoms with Gasteiger partial charge in [0, 0.05) is 25.8 Å². The van der Waals surface area contributed by atoms with E-state index in [1.54, 1.807) is 18.2 Å². The lowest BCUT2D eigenvalue weighted by molar-refractivity contribution is 0.0688. The maximum atomic E-state index is 12.6. The van der Waals surface area contributed by atoms with E-state index >= 15 is 0 Å². The first-order valence-electron chi connectivity index (χ1n) is 9.51. The van der Waals surface area contributed by atoms with E-state index in [4.69, 9.17) is 4.74 Å². The van der Waals surface area contributed by atoms with Gasteiger partial charge >= 0.3 is 0 Å². The van der Waals surface area contributed by atoms with Gasteiger partial charge in [-0.3, -0.25) is 9.59 Å². The van der Waals surface area contributed by atoms with Gasteiger partial charge in [0.25, 0.3) is 11.8 Å². The van der Waals surface area contributed by atoms with E-state index < -0.39 is 0 Å². The molecule has 7 heteroatoms. The topological polar surface area (TPSA) is 76.5 Å². The number of ether oxygens (including phenoxy) is 1. The highest BCUT2D eigenvalue weighted by Crippen LogP contribution is 2.30. The molecule has 1 aliphatic heterocycles. The molecule has 2 aliphatic rings. The molecule has 0 unspecified atom stereocenters. The van der Waals surface area contributed by atoms with Crippen molar-refractivity contribution in [1.82, 2.24) is 19.8 Å². The Labute approximate surface area is 158 Å². The summed E-state index contributed by atoms with van der Waals surface area (Å²) in [5, 5.41) is 2.87. The summed E-state index contributed by atoms with van der Waals surface area (Å²) in [5.41, 5.74) is 1.18. The third-order valence-electron chi connectivity index (χ3n) is 4.95. The van der Waals surface area contributed by atoms with Gasteiger partial charge in [0.05, 0.1) is 24.4 Å². The molecule has 1 saturated carbocycles. The molecule has 4 rings (SSSR count). The van der Waals surface area contributed by atoms with Gasteiger partial charge in [-0.15, -0.1) is 0 Å². The van der Waals surface area contributed by atoms with Gasteiger partial charge in [0.2, 0.25) is 0 Å². The highest BCUT2D eigenvalue weighted by atomic mass is 16.5. The minimum Gasteiger partial charge on any atom is -0.493 e. The van der Waals surface area contributed by atoms with Gasteiger partial charge in [-0.05, 0) is 37.8 Å². The zero-order valence-electron chi connectivity index (χ0n) is 15.5. The first-order chi connectivity index (χ1) is 13.2. The summed E-state index contributed by atoms with van der Waals surface area (Å²) >= 11 is 0. The van der Waals surface area contributed by atoms with Crippen molar-refractivity contribution >= 4 is 11.8 Å². The Kier molecular flexibility index (Phi) is 4.83. The van der Waals surface area contributed by atoms with Crippen molar-refractivity contribution in [1.29, 1.82) is 0 Å². The van der Waals surface area contributed by atoms with Crippen molar-refractivity contribution in [2.45, 2.75) is 32.9 Å². The summed E-state index contributed by atoms with van der Waals surface area (Å²) in [6, 6.07) is 7.16. The smallest absolute Gasteiger partial charge is 0.289 e. The Morgan fingerprint density at radius 2 is 2.11 bits per heavy atom. The van der Waals surface area contributed by atoms with E-state index in [1.807, 2.05) is 28.7 Å². The molecule has 2 heterocycles. The highest BCUT2D eigenvalue weighted by molar-refractivity contribution is 5.97. The Bertz CT molecular complexity index is 857. The molecule has 1 fully saturated rings. The van der Waals surface area contributed by atoms with Crippen LogP contribution < -0.4 is 10.1 Å². The van der Waals surface area contributed by atoms with Gasteiger partial charge in [-0.2, -0.15) is 0 Å². The van der Waals surface area contributed by atoms with Crippen molar-refractivity contribution < 1.29 is 14.3 Å². The number of rotatable bonds is 7. The van der Waals surface area contributed by atoms with Gasteiger partial charge in [-0.1, -0.05) is 12.1 Å². The molecule has 2 aromatic rings. The van der Waals surface area contributed by atoms with Crippen molar-refractivity contribution in [3.8, 4) is 5.75 Å². The SMILES string of the molecule is CCOc1ccccc1C(=O)NCc1cn2c(n1)C(=O)N(CC1CC1)CC2. The number of amides is 2. The van der Waals surface area contributed by atoms with Crippen molar-refractivity contribution in [2.24, 2.45) is 5.92 Å². The number of nitrogens with zero attached hydrogens (tertiary/aromatic N) is 3. The van der Waals surface area contributed by atoms with Gasteiger partial charge in [0.15, 0.2) is 5.82 Å². The Morgan fingerprint density at radius 1 is 1.30 bits per heavy atom. The number of carbonyl (C=O) groups is 2. The number of hydrogen-bond donors (Lipinski definition) is 1. The summed E-state index contributed by atoms with van der Waals surface area (Å²) in [7, 11) is 0. The fourth-order valence-electron chi connectivity index (χ4n) is 3.36. The highest BCUT2D eigenvalue weighted by Gasteiger charge is 2.32. The van der Waals surface area contributed by atoms with E-state index in [2.05, 4.69) is 10.3 Å². The maximum absolute atomic E-state index is 12.6. The monoisotopic (exact) mass is 368 g/mol. The van der Waals surface area contributed by atoms with Crippen LogP contribution >= 0.6 is 0 Å². The summed E-state index contributed by atoms with van der Waals surface area (Å²) in [4.78, 5) is 31.5. The lowest BCUT2D eigenvalue weighted by Gasteiger charge is -2.27. The van der Waals surface area contributed by atoms with Crippen LogP contribution in [0.2, 0.25) is 0 Å². The fourth-order valence-corrected chi connectivity index (χ4v) is 3.36. The van der Waals surface area contributed by atoms with Gasteiger partial charge in [-0.25, -0.2) is 4.98 Å². The fraction of sp³-hybridized carbons (Fsp3) is 0.450. The van der Waals surface area contributed by atoms with Crippen LogP contribution in [0.1, 0.15) is 46.4 Å². The molecule has 142 valence electrons.